The van der Waals surface area contributed by atoms with E-state index in [1.54, 1.807) is 0 Å². The summed E-state index contributed by atoms with van der Waals surface area (Å²) in [5, 5.41) is 0. The molecule has 0 aromatic carbocycles. The molecule has 0 rings (SSSR count). The van der Waals surface area contributed by atoms with Crippen molar-refractivity contribution in [2.75, 3.05) is 0 Å². The molecule has 0 spiro atoms. The van der Waals surface area contributed by atoms with Crippen LogP contribution in [0.15, 0.2) is 0 Å². The van der Waals surface area contributed by atoms with Crippen molar-refractivity contribution in [3.8, 4) is 0 Å². The molecule has 0 heterocycles. The fourth-order valence-electron chi connectivity index (χ4n) is 0. The Hall–Kier alpha value is 0.737. The molecule has 0 saturated carbocycles. The second-order valence-corrected chi connectivity index (χ2v) is 3.08. The van der Waals surface area contributed by atoms with Crippen molar-refractivity contribution >= 4 is 34.5 Å². The fourth-order valence-corrected chi connectivity index (χ4v) is 0. The zero-order valence-electron chi connectivity index (χ0n) is 5.81. The summed E-state index contributed by atoms with van der Waals surface area (Å²) in [6.45, 7) is 0. The van der Waals surface area contributed by atoms with Crippen LogP contribution in [0.4, 0.5) is 0 Å². The molecule has 10 nitrogen and oxygen atoms in total. The van der Waals surface area contributed by atoms with E-state index < -0.39 is 15.6 Å². The molecular formula is H13LiN2O8P2. The van der Waals surface area contributed by atoms with Crippen LogP contribution in [-0.4, -0.2) is 48.2 Å². The Morgan fingerprint density at radius 2 is 0.615 bits per heavy atom. The molecule has 0 radical (unpaired) electrons. The summed E-state index contributed by atoms with van der Waals surface area (Å²) in [5.74, 6) is 0. The quantitative estimate of drug-likeness (QED) is 0.168. The molecule has 0 aromatic heterocycles. The fraction of sp³-hybridized carbons (Fsp3) is 0. The molecule has 0 bridgehead atoms. The van der Waals surface area contributed by atoms with Crippen LogP contribution in [0.5, 0.6) is 0 Å². The molecule has 0 aliphatic carbocycles. The Balaban J connectivity index is -0.0000000267. The standard InChI is InChI=1S/Li.2H3N.2H3O4P.H/c;;;2*1-5(2,3)4;/h;2*1H3;2*(H3,1,2,3,4);. The second kappa shape index (κ2) is 10.8. The van der Waals surface area contributed by atoms with Crippen molar-refractivity contribution in [2.45, 2.75) is 0 Å². The summed E-state index contributed by atoms with van der Waals surface area (Å²) in [7, 11) is -9.28. The average molecular weight is 238 g/mol. The van der Waals surface area contributed by atoms with Crippen LogP contribution in [0, 0.1) is 0 Å². The summed E-state index contributed by atoms with van der Waals surface area (Å²) in [5.41, 5.74) is 0. The molecule has 12 N–H and O–H groups in total. The Morgan fingerprint density at radius 1 is 0.615 bits per heavy atom. The van der Waals surface area contributed by atoms with E-state index in [1.807, 2.05) is 0 Å². The van der Waals surface area contributed by atoms with Crippen LogP contribution in [0.1, 0.15) is 0 Å². The number of phosphoric acid groups is 2. The predicted molar refractivity (Wildman–Crippen MR) is 45.7 cm³/mol. The third-order valence-electron chi connectivity index (χ3n) is 0. The Labute approximate surface area is 85.8 Å². The summed E-state index contributed by atoms with van der Waals surface area (Å²) >= 11 is 0. The average Bonchev–Trinajstić information content (AvgIpc) is 1.12. The van der Waals surface area contributed by atoms with Gasteiger partial charge >= 0.3 is 34.5 Å². The van der Waals surface area contributed by atoms with Gasteiger partial charge in [0.2, 0.25) is 0 Å². The van der Waals surface area contributed by atoms with Crippen LogP contribution in [0.2, 0.25) is 0 Å². The Kier molecular flexibility index (Phi) is 24.3. The second-order valence-electron chi connectivity index (χ2n) is 1.03. The number of hydrogen-bond acceptors (Lipinski definition) is 4. The summed E-state index contributed by atoms with van der Waals surface area (Å²) in [4.78, 5) is 43.1. The molecule has 0 unspecified atom stereocenters. The summed E-state index contributed by atoms with van der Waals surface area (Å²) < 4.78 is 17.8. The monoisotopic (exact) mass is 238 g/mol. The predicted octanol–water partition coefficient (Wildman–Crippen LogP) is -2.18. The van der Waals surface area contributed by atoms with Crippen molar-refractivity contribution in [2.24, 2.45) is 0 Å². The van der Waals surface area contributed by atoms with Crippen molar-refractivity contribution in [3.05, 3.63) is 0 Å². The maximum absolute atomic E-state index is 8.88. The van der Waals surface area contributed by atoms with E-state index in [0.29, 0.717) is 0 Å². The zero-order chi connectivity index (χ0) is 9.00. The summed E-state index contributed by atoms with van der Waals surface area (Å²) in [6.07, 6.45) is 0. The van der Waals surface area contributed by atoms with E-state index in [1.165, 1.54) is 0 Å². The maximum atomic E-state index is 8.88. The topological polar surface area (TPSA) is 226 Å². The van der Waals surface area contributed by atoms with E-state index in [4.69, 9.17) is 38.5 Å². The van der Waals surface area contributed by atoms with Gasteiger partial charge in [0.1, 0.15) is 0 Å². The minimum absolute atomic E-state index is 0. The molecule has 13 heavy (non-hydrogen) atoms. The van der Waals surface area contributed by atoms with Crippen LogP contribution in [-0.2, 0) is 9.13 Å². The van der Waals surface area contributed by atoms with Crippen LogP contribution in [0.3, 0.4) is 0 Å². The van der Waals surface area contributed by atoms with Gasteiger partial charge in [-0.05, 0) is 0 Å². The molecule has 0 fully saturated rings. The first-order valence-corrected chi connectivity index (χ1v) is 4.70. The Bertz CT molecular complexity index is 132. The van der Waals surface area contributed by atoms with Gasteiger partial charge in [0.05, 0.1) is 0 Å². The van der Waals surface area contributed by atoms with Gasteiger partial charge in [-0.25, -0.2) is 9.13 Å². The van der Waals surface area contributed by atoms with Crippen LogP contribution in [0.25, 0.3) is 0 Å². The van der Waals surface area contributed by atoms with Gasteiger partial charge in [0.25, 0.3) is 0 Å². The Morgan fingerprint density at radius 3 is 0.615 bits per heavy atom. The molecule has 82 valence electrons. The SMILES string of the molecule is N.N.O=P(O)(O)O.O=P(O)(O)O.[LiH]. The van der Waals surface area contributed by atoms with Gasteiger partial charge in [-0.3, -0.25) is 0 Å². The first kappa shape index (κ1) is 29.2. The third-order valence-corrected chi connectivity index (χ3v) is 0. The van der Waals surface area contributed by atoms with E-state index in [0.717, 1.165) is 0 Å². The van der Waals surface area contributed by atoms with Crippen molar-refractivity contribution < 1.29 is 38.5 Å². The molecule has 13 heteroatoms. The van der Waals surface area contributed by atoms with Gasteiger partial charge in [-0.15, -0.1) is 0 Å². The summed E-state index contributed by atoms with van der Waals surface area (Å²) in [6, 6.07) is 0. The molecule has 0 aromatic rings. The molecule has 0 atom stereocenters. The van der Waals surface area contributed by atoms with Gasteiger partial charge in [0.15, 0.2) is 0 Å². The van der Waals surface area contributed by atoms with Gasteiger partial charge in [-0.2, -0.15) is 0 Å². The van der Waals surface area contributed by atoms with E-state index in [2.05, 4.69) is 0 Å². The molecule has 0 aliphatic heterocycles. The molecule has 0 saturated heterocycles. The van der Waals surface area contributed by atoms with Crippen LogP contribution < -0.4 is 12.3 Å². The van der Waals surface area contributed by atoms with Gasteiger partial charge in [0, 0.05) is 0 Å². The van der Waals surface area contributed by atoms with Crippen molar-refractivity contribution in [1.82, 2.24) is 12.3 Å². The van der Waals surface area contributed by atoms with Crippen LogP contribution >= 0.6 is 15.6 Å². The molecule has 0 amide bonds. The number of rotatable bonds is 0. The van der Waals surface area contributed by atoms with Gasteiger partial charge < -0.3 is 41.7 Å². The third kappa shape index (κ3) is 2700. The van der Waals surface area contributed by atoms with Gasteiger partial charge in [-0.1, -0.05) is 0 Å². The van der Waals surface area contributed by atoms with E-state index in [-0.39, 0.29) is 31.2 Å². The van der Waals surface area contributed by atoms with Crippen molar-refractivity contribution in [1.29, 1.82) is 0 Å². The molecular weight excluding hydrogens is 225 g/mol. The zero-order valence-corrected chi connectivity index (χ0v) is 7.60. The minimum atomic E-state index is -4.64. The normalized spacial score (nSPS) is 9.08. The van der Waals surface area contributed by atoms with E-state index >= 15 is 0 Å². The first-order valence-electron chi connectivity index (χ1n) is 1.57. The number of hydrogen-bond donors (Lipinski definition) is 8. The van der Waals surface area contributed by atoms with Crippen molar-refractivity contribution in [3.63, 3.8) is 0 Å². The molecule has 0 aliphatic rings. The van der Waals surface area contributed by atoms with E-state index in [9.17, 15) is 0 Å². The first-order chi connectivity index (χ1) is 4.00.